The van der Waals surface area contributed by atoms with E-state index >= 15 is 0 Å². The average molecular weight is 427 g/mol. The summed E-state index contributed by atoms with van der Waals surface area (Å²) >= 11 is 0. The number of ether oxygens (including phenoxy) is 1. The van der Waals surface area contributed by atoms with E-state index in [1.165, 1.54) is 0 Å². The average Bonchev–Trinajstić information content (AvgIpc) is 2.79. The highest BCUT2D eigenvalue weighted by molar-refractivity contribution is 6.17. The molecule has 1 heterocycles. The minimum absolute atomic E-state index is 0.0500. The highest BCUT2D eigenvalue weighted by atomic mass is 16.5. The normalized spacial score (nSPS) is 14.2. The Labute approximate surface area is 188 Å². The smallest absolute Gasteiger partial charge is 0.255 e. The number of nitrogens with one attached hydrogen (secondary N) is 1. The Balaban J connectivity index is 1.56. The highest BCUT2D eigenvalue weighted by Gasteiger charge is 2.28. The number of ketones is 1. The van der Waals surface area contributed by atoms with Crippen LogP contribution < -0.4 is 10.1 Å². The molecule has 5 heteroatoms. The van der Waals surface area contributed by atoms with Crippen molar-refractivity contribution < 1.29 is 14.3 Å². The Hall–Kier alpha value is -3.73. The number of Topliss-reactive ketones (excluding diaryl/α,β-unsaturated/α-hetero) is 1. The summed E-state index contributed by atoms with van der Waals surface area (Å²) in [6.45, 7) is 4.15. The molecule has 0 saturated carbocycles. The molecule has 0 bridgehead atoms. The number of amides is 1. The van der Waals surface area contributed by atoms with Gasteiger partial charge in [-0.15, -0.1) is 0 Å². The van der Waals surface area contributed by atoms with Crippen molar-refractivity contribution in [1.29, 1.82) is 0 Å². The molecule has 1 aliphatic heterocycles. The fourth-order valence-corrected chi connectivity index (χ4v) is 3.99. The lowest BCUT2D eigenvalue weighted by Gasteiger charge is -2.29. The van der Waals surface area contributed by atoms with E-state index in [0.717, 1.165) is 29.0 Å². The van der Waals surface area contributed by atoms with Crippen LogP contribution in [0.5, 0.6) is 5.75 Å². The van der Waals surface area contributed by atoms with Crippen LogP contribution in [0.15, 0.2) is 77.8 Å². The zero-order valence-corrected chi connectivity index (χ0v) is 18.5. The first-order valence-corrected chi connectivity index (χ1v) is 10.6. The number of carbonyl (C=O) groups is 2. The molecule has 0 saturated heterocycles. The molecule has 0 radical (unpaired) electrons. The van der Waals surface area contributed by atoms with Crippen LogP contribution >= 0.6 is 0 Å². The SMILES string of the molecule is COc1ccc2c(c1)C(CC(=O)c1cccc(NC(=O)c3ccccc3)c1)=NC(C)(C)C2. The summed E-state index contributed by atoms with van der Waals surface area (Å²) in [7, 11) is 1.63. The third-order valence-corrected chi connectivity index (χ3v) is 5.50. The van der Waals surface area contributed by atoms with Gasteiger partial charge in [0, 0.05) is 22.4 Å². The Morgan fingerprint density at radius 2 is 1.72 bits per heavy atom. The van der Waals surface area contributed by atoms with E-state index in [9.17, 15) is 9.59 Å². The number of carbonyl (C=O) groups excluding carboxylic acids is 2. The van der Waals surface area contributed by atoms with Crippen LogP contribution in [0.2, 0.25) is 0 Å². The van der Waals surface area contributed by atoms with Gasteiger partial charge in [0.1, 0.15) is 5.75 Å². The molecule has 1 amide bonds. The minimum atomic E-state index is -0.275. The number of benzene rings is 3. The summed E-state index contributed by atoms with van der Waals surface area (Å²) in [4.78, 5) is 30.5. The van der Waals surface area contributed by atoms with Crippen LogP contribution in [0.4, 0.5) is 5.69 Å². The Morgan fingerprint density at radius 1 is 0.969 bits per heavy atom. The molecule has 5 nitrogen and oxygen atoms in total. The first kappa shape index (κ1) is 21.5. The van der Waals surface area contributed by atoms with E-state index in [4.69, 9.17) is 9.73 Å². The van der Waals surface area contributed by atoms with E-state index in [2.05, 4.69) is 25.2 Å². The fraction of sp³-hybridized carbons (Fsp3) is 0.222. The van der Waals surface area contributed by atoms with E-state index < -0.39 is 0 Å². The number of methoxy groups -OCH3 is 1. The molecule has 3 aromatic carbocycles. The van der Waals surface area contributed by atoms with Crippen molar-refractivity contribution in [1.82, 2.24) is 0 Å². The maximum atomic E-state index is 13.2. The minimum Gasteiger partial charge on any atom is -0.497 e. The van der Waals surface area contributed by atoms with Crippen molar-refractivity contribution in [2.75, 3.05) is 12.4 Å². The fourth-order valence-electron chi connectivity index (χ4n) is 3.99. The van der Waals surface area contributed by atoms with E-state index in [0.29, 0.717) is 16.8 Å². The topological polar surface area (TPSA) is 67.8 Å². The van der Waals surface area contributed by atoms with Crippen molar-refractivity contribution in [2.45, 2.75) is 32.2 Å². The Bertz CT molecular complexity index is 1200. The first-order valence-electron chi connectivity index (χ1n) is 10.6. The van der Waals surface area contributed by atoms with E-state index in [1.807, 2.05) is 30.3 Å². The second kappa shape index (κ2) is 8.79. The van der Waals surface area contributed by atoms with Gasteiger partial charge in [-0.1, -0.05) is 36.4 Å². The van der Waals surface area contributed by atoms with Gasteiger partial charge < -0.3 is 10.1 Å². The zero-order valence-electron chi connectivity index (χ0n) is 18.5. The molecule has 0 aliphatic carbocycles. The number of anilines is 1. The summed E-state index contributed by atoms with van der Waals surface area (Å²) < 4.78 is 5.38. The van der Waals surface area contributed by atoms with Gasteiger partial charge in [-0.05, 0) is 62.2 Å². The largest absolute Gasteiger partial charge is 0.497 e. The Kier molecular flexibility index (Phi) is 5.91. The quantitative estimate of drug-likeness (QED) is 0.541. The molecule has 0 fully saturated rings. The predicted octanol–water partition coefficient (Wildman–Crippen LogP) is 5.34. The van der Waals surface area contributed by atoms with Gasteiger partial charge in [-0.3, -0.25) is 14.6 Å². The zero-order chi connectivity index (χ0) is 22.7. The number of hydrogen-bond acceptors (Lipinski definition) is 4. The van der Waals surface area contributed by atoms with Crippen LogP contribution in [0.3, 0.4) is 0 Å². The first-order chi connectivity index (χ1) is 15.3. The molecule has 0 spiro atoms. The molecule has 0 unspecified atom stereocenters. The highest BCUT2D eigenvalue weighted by Crippen LogP contribution is 2.31. The van der Waals surface area contributed by atoms with Crippen molar-refractivity contribution >= 4 is 23.1 Å². The predicted molar refractivity (Wildman–Crippen MR) is 127 cm³/mol. The van der Waals surface area contributed by atoms with Gasteiger partial charge in [0.05, 0.1) is 24.8 Å². The maximum absolute atomic E-state index is 13.2. The number of hydrogen-bond donors (Lipinski definition) is 1. The standard InChI is InChI=1S/C27H26N2O3/c1-27(2)17-20-12-13-22(32-3)15-23(20)24(29-27)16-25(30)19-10-7-11-21(14-19)28-26(31)18-8-5-4-6-9-18/h4-15H,16-17H2,1-3H3,(H,28,31). The van der Waals surface area contributed by atoms with Gasteiger partial charge >= 0.3 is 0 Å². The third kappa shape index (κ3) is 4.78. The summed E-state index contributed by atoms with van der Waals surface area (Å²) in [6.07, 6.45) is 0.991. The number of rotatable bonds is 6. The third-order valence-electron chi connectivity index (χ3n) is 5.50. The summed E-state index contributed by atoms with van der Waals surface area (Å²) in [6, 6.07) is 22.0. The van der Waals surface area contributed by atoms with Crippen LogP contribution in [-0.2, 0) is 6.42 Å². The number of fused-ring (bicyclic) bond motifs is 1. The van der Waals surface area contributed by atoms with Crippen molar-refractivity contribution in [3.05, 3.63) is 95.1 Å². The monoisotopic (exact) mass is 426 g/mol. The molecule has 3 aromatic rings. The molecule has 4 rings (SSSR count). The second-order valence-electron chi connectivity index (χ2n) is 8.57. The van der Waals surface area contributed by atoms with Crippen LogP contribution in [0.25, 0.3) is 0 Å². The number of aliphatic imine (C=N–C) groups is 1. The van der Waals surface area contributed by atoms with Gasteiger partial charge in [-0.25, -0.2) is 0 Å². The van der Waals surface area contributed by atoms with Gasteiger partial charge in [0.15, 0.2) is 5.78 Å². The van der Waals surface area contributed by atoms with Crippen LogP contribution in [-0.4, -0.2) is 30.1 Å². The molecular weight excluding hydrogens is 400 g/mol. The number of nitrogens with zero attached hydrogens (tertiary/aromatic N) is 1. The van der Waals surface area contributed by atoms with E-state index in [-0.39, 0.29) is 23.7 Å². The maximum Gasteiger partial charge on any atom is 0.255 e. The molecule has 162 valence electrons. The van der Waals surface area contributed by atoms with Crippen molar-refractivity contribution in [3.63, 3.8) is 0 Å². The lowest BCUT2D eigenvalue weighted by Crippen LogP contribution is -2.30. The molecule has 0 aromatic heterocycles. The van der Waals surface area contributed by atoms with E-state index in [1.54, 1.807) is 43.5 Å². The van der Waals surface area contributed by atoms with Crippen molar-refractivity contribution in [2.24, 2.45) is 4.99 Å². The molecular formula is C27H26N2O3. The molecule has 1 N–H and O–H groups in total. The lowest BCUT2D eigenvalue weighted by atomic mass is 9.85. The molecule has 0 atom stereocenters. The van der Waals surface area contributed by atoms with Gasteiger partial charge in [0.25, 0.3) is 5.91 Å². The lowest BCUT2D eigenvalue weighted by molar-refractivity contribution is 0.0996. The summed E-state index contributed by atoms with van der Waals surface area (Å²) in [5, 5.41) is 2.86. The summed E-state index contributed by atoms with van der Waals surface area (Å²) in [5.74, 6) is 0.481. The second-order valence-corrected chi connectivity index (χ2v) is 8.57. The van der Waals surface area contributed by atoms with Crippen molar-refractivity contribution in [3.8, 4) is 5.75 Å². The van der Waals surface area contributed by atoms with Gasteiger partial charge in [0.2, 0.25) is 0 Å². The summed E-state index contributed by atoms with van der Waals surface area (Å²) in [5.41, 5.74) is 4.29. The molecule has 1 aliphatic rings. The van der Waals surface area contributed by atoms with Gasteiger partial charge in [-0.2, -0.15) is 0 Å². The van der Waals surface area contributed by atoms with Crippen LogP contribution in [0, 0.1) is 0 Å². The Morgan fingerprint density at radius 3 is 2.47 bits per heavy atom. The molecule has 32 heavy (non-hydrogen) atoms. The van der Waals surface area contributed by atoms with Crippen LogP contribution in [0.1, 0.15) is 52.1 Å².